The van der Waals surface area contributed by atoms with Crippen LogP contribution in [0.4, 0.5) is 4.79 Å². The molecule has 0 aliphatic rings. The van der Waals surface area contributed by atoms with Crippen LogP contribution < -0.4 is 5.32 Å². The zero-order chi connectivity index (χ0) is 19.4. The number of alkyl carbamates (subject to hydrolysis) is 1. The normalized spacial score (nSPS) is 13.4. The molecule has 136 valence electrons. The number of nitrogens with zero attached hydrogens (tertiary/aromatic N) is 1. The summed E-state index contributed by atoms with van der Waals surface area (Å²) in [5, 5.41) is 11.5. The van der Waals surface area contributed by atoms with E-state index in [9.17, 15) is 9.59 Å². The largest absolute Gasteiger partial charge is 0.467 e. The highest BCUT2D eigenvalue weighted by Gasteiger charge is 2.39. The molecule has 0 spiro atoms. The fourth-order valence-electron chi connectivity index (χ4n) is 2.40. The number of aryl methyl sites for hydroxylation is 2. The first-order valence-corrected chi connectivity index (χ1v) is 8.19. The highest BCUT2D eigenvalue weighted by molar-refractivity contribution is 7.82. The van der Waals surface area contributed by atoms with E-state index in [-0.39, 0.29) is 6.42 Å². The van der Waals surface area contributed by atoms with Gasteiger partial charge in [-0.25, -0.2) is 9.59 Å². The second kappa shape index (κ2) is 7.79. The average molecular weight is 364 g/mol. The Morgan fingerprint density at radius 3 is 2.16 bits per heavy atom. The van der Waals surface area contributed by atoms with Crippen LogP contribution in [0.5, 0.6) is 0 Å². The summed E-state index contributed by atoms with van der Waals surface area (Å²) in [4.78, 5) is 22.8. The van der Waals surface area contributed by atoms with E-state index in [2.05, 4.69) is 24.0 Å². The van der Waals surface area contributed by atoms with Gasteiger partial charge in [0.05, 0.1) is 18.7 Å². The Morgan fingerprint density at radius 1 is 1.24 bits per heavy atom. The molecule has 0 radical (unpaired) electrons. The van der Waals surface area contributed by atoms with Crippen molar-refractivity contribution in [2.45, 2.75) is 51.5 Å². The smallest absolute Gasteiger partial charge is 0.409 e. The Hall–Kier alpha value is -2.20. The molecule has 0 unspecified atom stereocenters. The van der Waals surface area contributed by atoms with Gasteiger partial charge in [0.2, 0.25) is 0 Å². The number of rotatable bonds is 4. The number of carbonyl (C=O) groups is 2. The summed E-state index contributed by atoms with van der Waals surface area (Å²) in [6, 6.07) is 5.54. The predicted octanol–water partition coefficient (Wildman–Crippen LogP) is 3.04. The lowest BCUT2D eigenvalue weighted by atomic mass is 9.94. The monoisotopic (exact) mass is 364 g/mol. The third-order valence-corrected chi connectivity index (χ3v) is 3.94. The van der Waals surface area contributed by atoms with E-state index in [0.717, 1.165) is 16.7 Å². The second-order valence-corrected chi connectivity index (χ2v) is 7.62. The van der Waals surface area contributed by atoms with E-state index >= 15 is 0 Å². The molecular formula is C18H24N2O4S. The van der Waals surface area contributed by atoms with Crippen LogP contribution in [-0.2, 0) is 20.7 Å². The van der Waals surface area contributed by atoms with E-state index < -0.39 is 22.5 Å². The number of ether oxygens (including phenoxy) is 2. The lowest BCUT2D eigenvalue weighted by molar-refractivity contribution is -0.144. The highest BCUT2D eigenvalue weighted by Crippen LogP contribution is 2.26. The summed E-state index contributed by atoms with van der Waals surface area (Å²) < 4.78 is 10.0. The predicted molar refractivity (Wildman–Crippen MR) is 97.4 cm³/mol. The topological polar surface area (TPSA) is 88.4 Å². The number of carbonyl (C=O) groups excluding carboxylic acids is 2. The van der Waals surface area contributed by atoms with Crippen molar-refractivity contribution in [1.29, 1.82) is 5.26 Å². The molecule has 1 aromatic carbocycles. The van der Waals surface area contributed by atoms with Crippen LogP contribution >= 0.6 is 12.6 Å². The van der Waals surface area contributed by atoms with Crippen molar-refractivity contribution >= 4 is 24.7 Å². The fourth-order valence-corrected chi connectivity index (χ4v) is 2.74. The van der Waals surface area contributed by atoms with Crippen LogP contribution in [0.1, 0.15) is 43.0 Å². The SMILES string of the molecule is COC(=O)[C@](S)(Cc1c(C)cc(C#N)cc1C)NC(=O)OC(C)(C)C. The van der Waals surface area contributed by atoms with Crippen molar-refractivity contribution < 1.29 is 19.1 Å². The van der Waals surface area contributed by atoms with Crippen molar-refractivity contribution in [3.8, 4) is 6.07 Å². The second-order valence-electron chi connectivity index (χ2n) is 6.86. The molecule has 0 saturated heterocycles. The van der Waals surface area contributed by atoms with Gasteiger partial charge in [-0.3, -0.25) is 5.32 Å². The fraction of sp³-hybridized carbons (Fsp3) is 0.500. The van der Waals surface area contributed by atoms with Crippen LogP contribution in [0.3, 0.4) is 0 Å². The van der Waals surface area contributed by atoms with Gasteiger partial charge in [0.15, 0.2) is 4.87 Å². The van der Waals surface area contributed by atoms with Gasteiger partial charge in [-0.2, -0.15) is 5.26 Å². The third-order valence-electron chi connectivity index (χ3n) is 3.49. The van der Waals surface area contributed by atoms with Crippen molar-refractivity contribution in [2.75, 3.05) is 7.11 Å². The molecule has 0 aromatic heterocycles. The molecular weight excluding hydrogens is 340 g/mol. The molecule has 0 aliphatic heterocycles. The zero-order valence-corrected chi connectivity index (χ0v) is 16.3. The van der Waals surface area contributed by atoms with Crippen LogP contribution in [-0.4, -0.2) is 29.6 Å². The standard InChI is InChI=1S/C18H24N2O4S/c1-11-7-13(10-19)8-12(2)14(11)9-18(25,15(21)23-6)20-16(22)24-17(3,4)5/h7-8,25H,9H2,1-6H3,(H,20,22)/t18-/m1/s1. The van der Waals surface area contributed by atoms with Gasteiger partial charge in [-0.1, -0.05) is 0 Å². The quantitative estimate of drug-likeness (QED) is 0.487. The minimum absolute atomic E-state index is 0.0887. The minimum atomic E-state index is -1.60. The van der Waals surface area contributed by atoms with E-state index in [1.807, 2.05) is 13.8 Å². The first kappa shape index (κ1) is 20.8. The van der Waals surface area contributed by atoms with Gasteiger partial charge in [-0.15, -0.1) is 12.6 Å². The molecule has 0 heterocycles. The van der Waals surface area contributed by atoms with Crippen LogP contribution in [0.15, 0.2) is 12.1 Å². The highest BCUT2D eigenvalue weighted by atomic mass is 32.1. The molecule has 0 fully saturated rings. The summed E-state index contributed by atoms with van der Waals surface area (Å²) in [5.74, 6) is -0.704. The number of benzene rings is 1. The number of thiol groups is 1. The van der Waals surface area contributed by atoms with E-state index in [0.29, 0.717) is 5.56 Å². The molecule has 6 nitrogen and oxygen atoms in total. The average Bonchev–Trinajstić information content (AvgIpc) is 2.47. The van der Waals surface area contributed by atoms with Gasteiger partial charge in [-0.05, 0) is 63.4 Å². The number of nitrogens with one attached hydrogen (secondary N) is 1. The molecule has 1 rings (SSSR count). The maximum atomic E-state index is 12.3. The first-order valence-electron chi connectivity index (χ1n) is 7.74. The molecule has 0 saturated carbocycles. The molecule has 1 aromatic rings. The van der Waals surface area contributed by atoms with E-state index in [1.54, 1.807) is 32.9 Å². The van der Waals surface area contributed by atoms with Gasteiger partial charge in [0.1, 0.15) is 5.60 Å². The van der Waals surface area contributed by atoms with Crippen molar-refractivity contribution in [2.24, 2.45) is 0 Å². The number of esters is 1. The zero-order valence-electron chi connectivity index (χ0n) is 15.4. The summed E-state index contributed by atoms with van der Waals surface area (Å²) in [6.45, 7) is 8.84. The first-order chi connectivity index (χ1) is 11.4. The third kappa shape index (κ3) is 5.68. The number of methoxy groups -OCH3 is 1. The van der Waals surface area contributed by atoms with Crippen LogP contribution in [0, 0.1) is 25.2 Å². The Kier molecular flexibility index (Phi) is 6.49. The number of amides is 1. The molecule has 7 heteroatoms. The summed E-state index contributed by atoms with van der Waals surface area (Å²) >= 11 is 4.39. The maximum Gasteiger partial charge on any atom is 0.409 e. The van der Waals surface area contributed by atoms with E-state index in [4.69, 9.17) is 14.7 Å². The van der Waals surface area contributed by atoms with Crippen molar-refractivity contribution in [1.82, 2.24) is 5.32 Å². The molecule has 0 aliphatic carbocycles. The van der Waals surface area contributed by atoms with E-state index in [1.165, 1.54) is 7.11 Å². The lowest BCUT2D eigenvalue weighted by Gasteiger charge is -2.30. The summed E-state index contributed by atoms with van der Waals surface area (Å²) in [5.41, 5.74) is 2.27. The Balaban J connectivity index is 3.19. The molecule has 0 bridgehead atoms. The molecule has 25 heavy (non-hydrogen) atoms. The van der Waals surface area contributed by atoms with Crippen molar-refractivity contribution in [3.05, 3.63) is 34.4 Å². The summed E-state index contributed by atoms with van der Waals surface area (Å²) in [6.07, 6.45) is -0.678. The molecule has 1 N–H and O–H groups in total. The number of nitriles is 1. The van der Waals surface area contributed by atoms with Gasteiger partial charge in [0.25, 0.3) is 0 Å². The molecule has 1 atom stereocenters. The van der Waals surface area contributed by atoms with Crippen molar-refractivity contribution in [3.63, 3.8) is 0 Å². The van der Waals surface area contributed by atoms with Gasteiger partial charge in [0, 0.05) is 6.42 Å². The van der Waals surface area contributed by atoms with Crippen LogP contribution in [0.2, 0.25) is 0 Å². The minimum Gasteiger partial charge on any atom is -0.467 e. The summed E-state index contributed by atoms with van der Waals surface area (Å²) in [7, 11) is 1.22. The number of hydrogen-bond donors (Lipinski definition) is 2. The Labute approximate surface area is 153 Å². The Morgan fingerprint density at radius 2 is 1.76 bits per heavy atom. The van der Waals surface area contributed by atoms with Gasteiger partial charge < -0.3 is 9.47 Å². The van der Waals surface area contributed by atoms with Gasteiger partial charge >= 0.3 is 12.1 Å². The lowest BCUT2D eigenvalue weighted by Crippen LogP contribution is -2.53. The maximum absolute atomic E-state index is 12.3. The van der Waals surface area contributed by atoms with Crippen LogP contribution in [0.25, 0.3) is 0 Å². The number of hydrogen-bond acceptors (Lipinski definition) is 6. The Bertz CT molecular complexity index is 696. The molecule has 1 amide bonds.